The molecule has 202 valence electrons. The Balaban J connectivity index is 1.18. The van der Waals surface area contributed by atoms with Crippen molar-refractivity contribution in [2.24, 2.45) is 10.9 Å². The maximum absolute atomic E-state index is 6.63. The van der Waals surface area contributed by atoms with Gasteiger partial charge in [-0.05, 0) is 72.4 Å². The van der Waals surface area contributed by atoms with Gasteiger partial charge in [0.05, 0.1) is 23.4 Å². The third-order valence-electron chi connectivity index (χ3n) is 7.55. The van der Waals surface area contributed by atoms with Crippen LogP contribution in [0.15, 0.2) is 102 Å². The highest BCUT2D eigenvalue weighted by Crippen LogP contribution is 2.49. The van der Waals surface area contributed by atoms with E-state index in [-0.39, 0.29) is 6.04 Å². The predicted molar refractivity (Wildman–Crippen MR) is 165 cm³/mol. The lowest BCUT2D eigenvalue weighted by atomic mass is 9.77. The van der Waals surface area contributed by atoms with Crippen LogP contribution in [-0.4, -0.2) is 12.8 Å². The molecule has 40 heavy (non-hydrogen) atoms. The summed E-state index contributed by atoms with van der Waals surface area (Å²) in [4.78, 5) is 4.71. The summed E-state index contributed by atoms with van der Waals surface area (Å²) in [6, 6.07) is 28.7. The molecule has 3 atom stereocenters. The van der Waals surface area contributed by atoms with Gasteiger partial charge in [-0.2, -0.15) is 0 Å². The van der Waals surface area contributed by atoms with E-state index in [9.17, 15) is 0 Å². The zero-order valence-corrected chi connectivity index (χ0v) is 23.7. The third-order valence-corrected chi connectivity index (χ3v) is 8.20. The maximum Gasteiger partial charge on any atom is 0.180 e. The first-order valence-electron chi connectivity index (χ1n) is 13.6. The number of nitrogens with zero attached hydrogens (tertiary/aromatic N) is 1. The van der Waals surface area contributed by atoms with Crippen LogP contribution >= 0.6 is 23.2 Å². The standard InChI is InChI=1S/C34H30Cl2N2O2/c1-2-39-32-19-22(18-30(36)34(32)40-21-24-8-3-5-12-29(24)35)20-37-25-16-14-23(15-17-25)33-28-11-7-10-26(28)27-9-4-6-13-31(27)38-33/h3-10,12-20,26,28,33,38H,2,11,21H2,1H3/t26-,28+,33-/m0/s1. The van der Waals surface area contributed by atoms with E-state index < -0.39 is 0 Å². The van der Waals surface area contributed by atoms with Crippen molar-refractivity contribution in [1.82, 2.24) is 0 Å². The number of aliphatic imine (C=N–C) groups is 1. The van der Waals surface area contributed by atoms with E-state index >= 15 is 0 Å². The Labute approximate surface area is 245 Å². The van der Waals surface area contributed by atoms with Crippen LogP contribution in [0.25, 0.3) is 0 Å². The molecular formula is C34H30Cl2N2O2. The van der Waals surface area contributed by atoms with Crippen molar-refractivity contribution in [3.63, 3.8) is 0 Å². The van der Waals surface area contributed by atoms with E-state index in [0.29, 0.717) is 46.6 Å². The Bertz CT molecular complexity index is 1560. The molecule has 0 bridgehead atoms. The number of nitrogens with one attached hydrogen (secondary N) is 1. The summed E-state index contributed by atoms with van der Waals surface area (Å²) >= 11 is 12.9. The number of hydrogen-bond donors (Lipinski definition) is 1. The Hall–Kier alpha value is -3.73. The molecular weight excluding hydrogens is 539 g/mol. The quantitative estimate of drug-likeness (QED) is 0.170. The van der Waals surface area contributed by atoms with Gasteiger partial charge in [-0.25, -0.2) is 0 Å². The van der Waals surface area contributed by atoms with Crippen LogP contribution < -0.4 is 14.8 Å². The smallest absolute Gasteiger partial charge is 0.180 e. The third kappa shape index (κ3) is 5.47. The Kier molecular flexibility index (Phi) is 7.81. The average Bonchev–Trinajstić information content (AvgIpc) is 3.47. The van der Waals surface area contributed by atoms with Crippen LogP contribution in [0.1, 0.15) is 47.6 Å². The fourth-order valence-electron chi connectivity index (χ4n) is 5.62. The number of hydrogen-bond acceptors (Lipinski definition) is 4. The monoisotopic (exact) mass is 568 g/mol. The SMILES string of the molecule is CCOc1cc(C=Nc2ccc([C@@H]3Nc4ccccc4[C@@H]4C=CC[C@H]43)cc2)cc(Cl)c1OCc1ccccc1Cl. The number of fused-ring (bicyclic) bond motifs is 3. The second-order valence-corrected chi connectivity index (χ2v) is 10.9. The highest BCUT2D eigenvalue weighted by molar-refractivity contribution is 6.32. The summed E-state index contributed by atoms with van der Waals surface area (Å²) in [6.45, 7) is 2.70. The average molecular weight is 570 g/mol. The minimum Gasteiger partial charge on any atom is -0.490 e. The van der Waals surface area contributed by atoms with Crippen molar-refractivity contribution < 1.29 is 9.47 Å². The zero-order chi connectivity index (χ0) is 27.5. The first kappa shape index (κ1) is 26.5. The van der Waals surface area contributed by atoms with Gasteiger partial charge in [0.25, 0.3) is 0 Å². The fourth-order valence-corrected chi connectivity index (χ4v) is 6.09. The van der Waals surface area contributed by atoms with E-state index in [0.717, 1.165) is 23.2 Å². The summed E-state index contributed by atoms with van der Waals surface area (Å²) in [5.74, 6) is 2.04. The summed E-state index contributed by atoms with van der Waals surface area (Å²) in [7, 11) is 0. The minimum absolute atomic E-state index is 0.263. The van der Waals surface area contributed by atoms with Gasteiger partial charge in [0, 0.05) is 28.4 Å². The summed E-state index contributed by atoms with van der Waals surface area (Å²) < 4.78 is 11.9. The number of ether oxygens (including phenoxy) is 2. The number of para-hydroxylation sites is 1. The number of anilines is 1. The second-order valence-electron chi connectivity index (χ2n) is 10.1. The molecule has 1 aliphatic carbocycles. The molecule has 1 N–H and O–H groups in total. The Morgan fingerprint density at radius 3 is 2.55 bits per heavy atom. The summed E-state index contributed by atoms with van der Waals surface area (Å²) in [5.41, 5.74) is 6.47. The summed E-state index contributed by atoms with van der Waals surface area (Å²) in [6.07, 6.45) is 7.56. The molecule has 0 fully saturated rings. The van der Waals surface area contributed by atoms with E-state index in [1.54, 1.807) is 6.21 Å². The molecule has 4 nitrogen and oxygen atoms in total. The maximum atomic E-state index is 6.63. The van der Waals surface area contributed by atoms with E-state index in [1.165, 1.54) is 16.8 Å². The lowest BCUT2D eigenvalue weighted by Gasteiger charge is -2.37. The first-order valence-corrected chi connectivity index (χ1v) is 14.3. The van der Waals surface area contributed by atoms with E-state index in [1.807, 2.05) is 43.3 Å². The lowest BCUT2D eigenvalue weighted by Crippen LogP contribution is -2.28. The number of rotatable bonds is 8. The van der Waals surface area contributed by atoms with Gasteiger partial charge in [-0.3, -0.25) is 4.99 Å². The molecule has 0 amide bonds. The van der Waals surface area contributed by atoms with Crippen molar-refractivity contribution in [1.29, 1.82) is 0 Å². The lowest BCUT2D eigenvalue weighted by molar-refractivity contribution is 0.269. The second kappa shape index (κ2) is 11.8. The minimum atomic E-state index is 0.263. The van der Waals surface area contributed by atoms with Gasteiger partial charge in [-0.1, -0.05) is 83.9 Å². The molecule has 0 saturated carbocycles. The van der Waals surface area contributed by atoms with Crippen LogP contribution in [0.4, 0.5) is 11.4 Å². The molecule has 0 spiro atoms. The van der Waals surface area contributed by atoms with Crippen LogP contribution in [-0.2, 0) is 6.61 Å². The van der Waals surface area contributed by atoms with Gasteiger partial charge < -0.3 is 14.8 Å². The van der Waals surface area contributed by atoms with Gasteiger partial charge in [0.2, 0.25) is 0 Å². The first-order chi connectivity index (χ1) is 19.6. The molecule has 0 unspecified atom stereocenters. The number of halogens is 2. The van der Waals surface area contributed by atoms with Crippen molar-refractivity contribution >= 4 is 40.8 Å². The van der Waals surface area contributed by atoms with Crippen molar-refractivity contribution in [2.45, 2.75) is 31.9 Å². The van der Waals surface area contributed by atoms with Gasteiger partial charge in [0.1, 0.15) is 6.61 Å². The predicted octanol–water partition coefficient (Wildman–Crippen LogP) is 9.55. The molecule has 1 heterocycles. The Morgan fingerprint density at radius 1 is 0.925 bits per heavy atom. The molecule has 2 aliphatic rings. The molecule has 4 aromatic carbocycles. The van der Waals surface area contributed by atoms with Gasteiger partial charge in [0.15, 0.2) is 11.5 Å². The van der Waals surface area contributed by atoms with Crippen LogP contribution in [0.5, 0.6) is 11.5 Å². The van der Waals surface area contributed by atoms with Crippen LogP contribution in [0.2, 0.25) is 10.0 Å². The van der Waals surface area contributed by atoms with E-state index in [2.05, 4.69) is 66.0 Å². The number of allylic oxidation sites excluding steroid dienone is 2. The van der Waals surface area contributed by atoms with Gasteiger partial charge >= 0.3 is 0 Å². The molecule has 0 aromatic heterocycles. The Morgan fingerprint density at radius 2 is 1.73 bits per heavy atom. The molecule has 1 aliphatic heterocycles. The molecule has 6 heteroatoms. The van der Waals surface area contributed by atoms with Crippen molar-refractivity contribution in [2.75, 3.05) is 11.9 Å². The fraction of sp³-hybridized carbons (Fsp3) is 0.206. The van der Waals surface area contributed by atoms with Gasteiger partial charge in [-0.15, -0.1) is 0 Å². The normalized spacial score (nSPS) is 19.2. The topological polar surface area (TPSA) is 42.8 Å². The largest absolute Gasteiger partial charge is 0.490 e. The molecule has 4 aromatic rings. The van der Waals surface area contributed by atoms with Crippen LogP contribution in [0, 0.1) is 5.92 Å². The molecule has 6 rings (SSSR count). The highest BCUT2D eigenvalue weighted by Gasteiger charge is 2.37. The van der Waals surface area contributed by atoms with Crippen molar-refractivity contribution in [3.05, 3.63) is 129 Å². The van der Waals surface area contributed by atoms with Crippen LogP contribution in [0.3, 0.4) is 0 Å². The molecule has 0 radical (unpaired) electrons. The molecule has 0 saturated heterocycles. The zero-order valence-electron chi connectivity index (χ0n) is 22.2. The summed E-state index contributed by atoms with van der Waals surface area (Å²) in [5, 5.41) is 4.89. The highest BCUT2D eigenvalue weighted by atomic mass is 35.5. The number of benzene rings is 4. The van der Waals surface area contributed by atoms with Crippen molar-refractivity contribution in [3.8, 4) is 11.5 Å². The van der Waals surface area contributed by atoms with E-state index in [4.69, 9.17) is 37.7 Å².